The maximum Gasteiger partial charge on any atom is 0.155 e. The SMILES string of the molecule is C1=CCC2(C=Nc3ncccc32)C1. The lowest BCUT2D eigenvalue weighted by Gasteiger charge is -2.19. The number of aliphatic imine (C=N–C) groups is 1. The Hall–Kier alpha value is -1.44. The summed E-state index contributed by atoms with van der Waals surface area (Å²) < 4.78 is 0. The molecule has 0 bridgehead atoms. The molecule has 2 heterocycles. The maximum absolute atomic E-state index is 4.36. The van der Waals surface area contributed by atoms with Crippen molar-refractivity contribution < 1.29 is 0 Å². The molecule has 0 radical (unpaired) electrons. The standard InChI is InChI=1S/C11H10N2/c1-2-6-11(5-1)8-13-10-9(11)4-3-7-12-10/h1-4,7-8H,5-6H2. The molecule has 64 valence electrons. The average Bonchev–Trinajstić information content (AvgIpc) is 2.78. The normalized spacial score (nSPS) is 21.2. The van der Waals surface area contributed by atoms with E-state index in [2.05, 4.69) is 34.4 Å². The van der Waals surface area contributed by atoms with Gasteiger partial charge in [0.15, 0.2) is 5.82 Å². The Bertz CT molecular complexity index is 396. The molecule has 1 spiro atoms. The molecular formula is C11H10N2. The molecule has 0 saturated carbocycles. The summed E-state index contributed by atoms with van der Waals surface area (Å²) in [5, 5.41) is 0. The molecule has 2 heteroatoms. The molecule has 0 fully saturated rings. The second-order valence-electron chi connectivity index (χ2n) is 3.67. The molecule has 13 heavy (non-hydrogen) atoms. The van der Waals surface area contributed by atoms with Gasteiger partial charge in [-0.3, -0.25) is 0 Å². The van der Waals surface area contributed by atoms with Crippen LogP contribution in [-0.4, -0.2) is 11.2 Å². The number of rotatable bonds is 0. The lowest BCUT2D eigenvalue weighted by molar-refractivity contribution is 0.650. The molecular weight excluding hydrogens is 160 g/mol. The second-order valence-corrected chi connectivity index (χ2v) is 3.67. The van der Waals surface area contributed by atoms with E-state index in [9.17, 15) is 0 Å². The minimum absolute atomic E-state index is 0.156. The molecule has 3 rings (SSSR count). The summed E-state index contributed by atoms with van der Waals surface area (Å²) in [6.45, 7) is 0. The summed E-state index contributed by atoms with van der Waals surface area (Å²) in [5.74, 6) is 0.909. The highest BCUT2D eigenvalue weighted by Gasteiger charge is 2.36. The first kappa shape index (κ1) is 7.01. The molecule has 1 aromatic rings. The number of pyridine rings is 1. The third kappa shape index (κ3) is 0.829. The summed E-state index contributed by atoms with van der Waals surface area (Å²) in [7, 11) is 0. The van der Waals surface area contributed by atoms with E-state index in [1.165, 1.54) is 5.56 Å². The Balaban J connectivity index is 2.17. The van der Waals surface area contributed by atoms with Crippen molar-refractivity contribution in [1.29, 1.82) is 0 Å². The third-order valence-electron chi connectivity index (χ3n) is 2.89. The first-order chi connectivity index (χ1) is 6.41. The van der Waals surface area contributed by atoms with E-state index in [0.29, 0.717) is 0 Å². The van der Waals surface area contributed by atoms with Crippen molar-refractivity contribution in [3.05, 3.63) is 36.0 Å². The maximum atomic E-state index is 4.36. The zero-order chi connectivity index (χ0) is 8.73. The Labute approximate surface area is 77.0 Å². The van der Waals surface area contributed by atoms with E-state index in [-0.39, 0.29) is 5.41 Å². The molecule has 2 nitrogen and oxygen atoms in total. The minimum atomic E-state index is 0.156. The zero-order valence-corrected chi connectivity index (χ0v) is 7.27. The van der Waals surface area contributed by atoms with E-state index in [4.69, 9.17) is 0 Å². The molecule has 0 atom stereocenters. The topological polar surface area (TPSA) is 25.2 Å². The van der Waals surface area contributed by atoms with E-state index in [0.717, 1.165) is 18.7 Å². The molecule has 1 aliphatic carbocycles. The van der Waals surface area contributed by atoms with E-state index < -0.39 is 0 Å². The van der Waals surface area contributed by atoms with Crippen molar-refractivity contribution in [2.75, 3.05) is 0 Å². The highest BCUT2D eigenvalue weighted by atomic mass is 14.9. The highest BCUT2D eigenvalue weighted by Crippen LogP contribution is 2.43. The number of nitrogens with zero attached hydrogens (tertiary/aromatic N) is 2. The monoisotopic (exact) mass is 170 g/mol. The van der Waals surface area contributed by atoms with Gasteiger partial charge < -0.3 is 0 Å². The van der Waals surface area contributed by atoms with Gasteiger partial charge in [0.1, 0.15) is 0 Å². The second kappa shape index (κ2) is 2.28. The van der Waals surface area contributed by atoms with Crippen molar-refractivity contribution in [3.8, 4) is 0 Å². The van der Waals surface area contributed by atoms with Gasteiger partial charge in [0, 0.05) is 23.4 Å². The van der Waals surface area contributed by atoms with Crippen molar-refractivity contribution in [3.63, 3.8) is 0 Å². The van der Waals surface area contributed by atoms with Crippen LogP contribution in [0.3, 0.4) is 0 Å². The molecule has 0 unspecified atom stereocenters. The van der Waals surface area contributed by atoms with Crippen LogP contribution in [0, 0.1) is 0 Å². The highest BCUT2D eigenvalue weighted by molar-refractivity contribution is 5.84. The summed E-state index contributed by atoms with van der Waals surface area (Å²) in [6, 6.07) is 4.13. The van der Waals surface area contributed by atoms with Gasteiger partial charge >= 0.3 is 0 Å². The summed E-state index contributed by atoms with van der Waals surface area (Å²) in [5.41, 5.74) is 1.45. The Kier molecular flexibility index (Phi) is 1.23. The van der Waals surface area contributed by atoms with Crippen molar-refractivity contribution >= 4 is 12.0 Å². The van der Waals surface area contributed by atoms with Gasteiger partial charge in [-0.05, 0) is 18.9 Å². The molecule has 0 aromatic carbocycles. The number of allylic oxidation sites excluding steroid dienone is 2. The number of fused-ring (bicyclic) bond motifs is 2. The van der Waals surface area contributed by atoms with Gasteiger partial charge in [-0.25, -0.2) is 9.98 Å². The van der Waals surface area contributed by atoms with Crippen LogP contribution in [-0.2, 0) is 5.41 Å². The summed E-state index contributed by atoms with van der Waals surface area (Å²) in [6.07, 6.45) is 10.5. The molecule has 0 amide bonds. The predicted molar refractivity (Wildman–Crippen MR) is 52.4 cm³/mol. The Morgan fingerprint density at radius 3 is 2.92 bits per heavy atom. The van der Waals surface area contributed by atoms with Gasteiger partial charge in [0.05, 0.1) is 0 Å². The lowest BCUT2D eigenvalue weighted by Crippen LogP contribution is -2.20. The van der Waals surface area contributed by atoms with Gasteiger partial charge in [-0.15, -0.1) is 0 Å². The van der Waals surface area contributed by atoms with Crippen molar-refractivity contribution in [1.82, 2.24) is 4.98 Å². The number of aromatic nitrogens is 1. The van der Waals surface area contributed by atoms with Crippen LogP contribution in [0.15, 0.2) is 35.5 Å². The smallest absolute Gasteiger partial charge is 0.155 e. The Morgan fingerprint density at radius 2 is 2.08 bits per heavy atom. The summed E-state index contributed by atoms with van der Waals surface area (Å²) in [4.78, 5) is 8.61. The van der Waals surface area contributed by atoms with Gasteiger partial charge in [-0.2, -0.15) is 0 Å². The molecule has 2 aliphatic rings. The van der Waals surface area contributed by atoms with E-state index in [1.54, 1.807) is 6.20 Å². The predicted octanol–water partition coefficient (Wildman–Crippen LogP) is 2.39. The Morgan fingerprint density at radius 1 is 1.23 bits per heavy atom. The average molecular weight is 170 g/mol. The van der Waals surface area contributed by atoms with Crippen LogP contribution in [0.2, 0.25) is 0 Å². The van der Waals surface area contributed by atoms with E-state index in [1.807, 2.05) is 6.07 Å². The van der Waals surface area contributed by atoms with Crippen molar-refractivity contribution in [2.24, 2.45) is 4.99 Å². The molecule has 1 aliphatic heterocycles. The van der Waals surface area contributed by atoms with Gasteiger partial charge in [0.25, 0.3) is 0 Å². The van der Waals surface area contributed by atoms with Crippen molar-refractivity contribution in [2.45, 2.75) is 18.3 Å². The van der Waals surface area contributed by atoms with Gasteiger partial charge in [-0.1, -0.05) is 18.2 Å². The number of hydrogen-bond acceptors (Lipinski definition) is 2. The quantitative estimate of drug-likeness (QED) is 0.549. The van der Waals surface area contributed by atoms with Crippen LogP contribution in [0.5, 0.6) is 0 Å². The molecule has 1 aromatic heterocycles. The fourth-order valence-corrected chi connectivity index (χ4v) is 2.14. The van der Waals surface area contributed by atoms with Crippen LogP contribution in [0.4, 0.5) is 5.82 Å². The minimum Gasteiger partial charge on any atom is -0.240 e. The third-order valence-corrected chi connectivity index (χ3v) is 2.89. The van der Waals surface area contributed by atoms with Gasteiger partial charge in [0.2, 0.25) is 0 Å². The number of hydrogen-bond donors (Lipinski definition) is 0. The van der Waals surface area contributed by atoms with Crippen LogP contribution in [0.25, 0.3) is 0 Å². The fraction of sp³-hybridized carbons (Fsp3) is 0.273. The van der Waals surface area contributed by atoms with Crippen LogP contribution < -0.4 is 0 Å². The lowest BCUT2D eigenvalue weighted by atomic mass is 9.81. The molecule has 0 N–H and O–H groups in total. The van der Waals surface area contributed by atoms with Crippen LogP contribution >= 0.6 is 0 Å². The summed E-state index contributed by atoms with van der Waals surface area (Å²) >= 11 is 0. The fourth-order valence-electron chi connectivity index (χ4n) is 2.14. The van der Waals surface area contributed by atoms with E-state index >= 15 is 0 Å². The van der Waals surface area contributed by atoms with Crippen LogP contribution in [0.1, 0.15) is 18.4 Å². The first-order valence-electron chi connectivity index (χ1n) is 4.56. The molecule has 0 saturated heterocycles. The zero-order valence-electron chi connectivity index (χ0n) is 7.27. The first-order valence-corrected chi connectivity index (χ1v) is 4.56. The largest absolute Gasteiger partial charge is 0.240 e.